The van der Waals surface area contributed by atoms with Crippen molar-refractivity contribution < 1.29 is 24.2 Å². The summed E-state index contributed by atoms with van der Waals surface area (Å²) >= 11 is 0. The van der Waals surface area contributed by atoms with Crippen LogP contribution >= 0.6 is 0 Å². The first-order valence-corrected chi connectivity index (χ1v) is 6.42. The van der Waals surface area contributed by atoms with E-state index in [0.29, 0.717) is 12.2 Å². The lowest BCUT2D eigenvalue weighted by Gasteiger charge is -2.04. The first-order chi connectivity index (χ1) is 9.63. The van der Waals surface area contributed by atoms with Crippen LogP contribution in [0.3, 0.4) is 0 Å². The number of rotatable bonds is 7. The van der Waals surface area contributed by atoms with Crippen LogP contribution in [0.5, 0.6) is 5.75 Å². The Balaban J connectivity index is 2.33. The number of phenols is 1. The summed E-state index contributed by atoms with van der Waals surface area (Å²) in [5.74, 6) is -1.18. The maximum Gasteiger partial charge on any atom is 0.331 e. The van der Waals surface area contributed by atoms with E-state index in [9.17, 15) is 14.7 Å². The molecule has 0 aliphatic heterocycles. The minimum atomic E-state index is -0.666. The zero-order valence-electron chi connectivity index (χ0n) is 11.4. The van der Waals surface area contributed by atoms with Crippen molar-refractivity contribution >= 4 is 11.9 Å². The van der Waals surface area contributed by atoms with E-state index in [1.165, 1.54) is 6.07 Å². The van der Waals surface area contributed by atoms with Crippen LogP contribution in [-0.4, -0.2) is 23.7 Å². The van der Waals surface area contributed by atoms with Crippen molar-refractivity contribution in [1.82, 2.24) is 0 Å². The average molecular weight is 278 g/mol. The van der Waals surface area contributed by atoms with Gasteiger partial charge in [-0.05, 0) is 12.5 Å². The number of aromatic hydroxyl groups is 1. The summed E-state index contributed by atoms with van der Waals surface area (Å²) in [7, 11) is 0. The molecule has 1 rings (SSSR count). The number of phenolic OH excluding ortho intramolecular Hbond substituents is 1. The van der Waals surface area contributed by atoms with Gasteiger partial charge in [0.25, 0.3) is 0 Å². The van der Waals surface area contributed by atoms with Gasteiger partial charge in [-0.3, -0.25) is 0 Å². The Morgan fingerprint density at radius 2 is 1.80 bits per heavy atom. The third-order valence-electron chi connectivity index (χ3n) is 2.46. The highest BCUT2D eigenvalue weighted by atomic mass is 16.5. The van der Waals surface area contributed by atoms with Crippen molar-refractivity contribution in [3.05, 3.63) is 42.0 Å². The molecular weight excluding hydrogens is 260 g/mol. The van der Waals surface area contributed by atoms with Gasteiger partial charge in [-0.1, -0.05) is 31.5 Å². The molecule has 1 N–H and O–H groups in total. The van der Waals surface area contributed by atoms with Gasteiger partial charge in [-0.15, -0.1) is 0 Å². The van der Waals surface area contributed by atoms with Gasteiger partial charge in [0.05, 0.1) is 6.61 Å². The molecule has 20 heavy (non-hydrogen) atoms. The van der Waals surface area contributed by atoms with Gasteiger partial charge >= 0.3 is 11.9 Å². The Bertz CT molecular complexity index is 479. The summed E-state index contributed by atoms with van der Waals surface area (Å²) in [6, 6.07) is 6.55. The molecule has 0 aliphatic carbocycles. The summed E-state index contributed by atoms with van der Waals surface area (Å²) in [6.07, 6.45) is 3.76. The van der Waals surface area contributed by atoms with Gasteiger partial charge in [0.2, 0.25) is 0 Å². The molecule has 5 nitrogen and oxygen atoms in total. The smallest absolute Gasteiger partial charge is 0.331 e. The molecule has 0 bridgehead atoms. The fourth-order valence-electron chi connectivity index (χ4n) is 1.33. The molecular formula is C15H18O5. The van der Waals surface area contributed by atoms with Crippen LogP contribution in [-0.2, 0) is 25.7 Å². The maximum absolute atomic E-state index is 11.4. The standard InChI is InChI=1S/C15H18O5/c1-2-3-10-19-14(17)8-9-15(18)20-11-12-6-4-5-7-13(12)16/h4-9,16H,2-3,10-11H2,1H3/b9-8+. The third kappa shape index (κ3) is 6.04. The number of carbonyl (C=O) groups excluding carboxylic acids is 2. The monoisotopic (exact) mass is 278 g/mol. The van der Waals surface area contributed by atoms with E-state index in [0.717, 1.165) is 25.0 Å². The van der Waals surface area contributed by atoms with Crippen LogP contribution in [0.1, 0.15) is 25.3 Å². The fraction of sp³-hybridized carbons (Fsp3) is 0.333. The normalized spacial score (nSPS) is 10.4. The number of hydrogen-bond donors (Lipinski definition) is 1. The van der Waals surface area contributed by atoms with Crippen molar-refractivity contribution in [2.45, 2.75) is 26.4 Å². The van der Waals surface area contributed by atoms with Crippen molar-refractivity contribution in [3.63, 3.8) is 0 Å². The summed E-state index contributed by atoms with van der Waals surface area (Å²) in [5, 5.41) is 9.48. The highest BCUT2D eigenvalue weighted by Crippen LogP contribution is 2.16. The van der Waals surface area contributed by atoms with Crippen LogP contribution in [0.2, 0.25) is 0 Å². The van der Waals surface area contributed by atoms with Crippen LogP contribution in [0, 0.1) is 0 Å². The third-order valence-corrected chi connectivity index (χ3v) is 2.46. The molecule has 0 saturated carbocycles. The second-order valence-electron chi connectivity index (χ2n) is 4.09. The minimum Gasteiger partial charge on any atom is -0.508 e. The predicted molar refractivity (Wildman–Crippen MR) is 72.9 cm³/mol. The minimum absolute atomic E-state index is 0.0548. The number of benzene rings is 1. The van der Waals surface area contributed by atoms with Gasteiger partial charge in [-0.2, -0.15) is 0 Å². The van der Waals surface area contributed by atoms with Gasteiger partial charge in [0, 0.05) is 17.7 Å². The first kappa shape index (κ1) is 15.8. The molecule has 0 amide bonds. The lowest BCUT2D eigenvalue weighted by atomic mass is 10.2. The van der Waals surface area contributed by atoms with Gasteiger partial charge in [0.15, 0.2) is 0 Å². The predicted octanol–water partition coefficient (Wildman–Crippen LogP) is 2.33. The Morgan fingerprint density at radius 3 is 2.45 bits per heavy atom. The molecule has 0 unspecified atom stereocenters. The Labute approximate surface area is 117 Å². The van der Waals surface area contributed by atoms with Crippen molar-refractivity contribution in [3.8, 4) is 5.75 Å². The summed E-state index contributed by atoms with van der Waals surface area (Å²) in [4.78, 5) is 22.6. The van der Waals surface area contributed by atoms with E-state index in [1.807, 2.05) is 6.92 Å². The Kier molecular flexibility index (Phi) is 6.89. The highest BCUT2D eigenvalue weighted by molar-refractivity contribution is 5.91. The molecule has 0 spiro atoms. The fourth-order valence-corrected chi connectivity index (χ4v) is 1.33. The number of ether oxygens (including phenoxy) is 2. The van der Waals surface area contributed by atoms with Gasteiger partial charge < -0.3 is 14.6 Å². The molecule has 0 heterocycles. The van der Waals surface area contributed by atoms with E-state index in [-0.39, 0.29) is 12.4 Å². The second kappa shape index (κ2) is 8.74. The van der Waals surface area contributed by atoms with Gasteiger partial charge in [0.1, 0.15) is 12.4 Å². The zero-order valence-corrected chi connectivity index (χ0v) is 11.4. The molecule has 108 valence electrons. The second-order valence-corrected chi connectivity index (χ2v) is 4.09. The number of unbranched alkanes of at least 4 members (excludes halogenated alkanes) is 1. The van der Waals surface area contributed by atoms with Gasteiger partial charge in [-0.25, -0.2) is 9.59 Å². The SMILES string of the molecule is CCCCOC(=O)/C=C/C(=O)OCc1ccccc1O. The van der Waals surface area contributed by atoms with Crippen molar-refractivity contribution in [2.24, 2.45) is 0 Å². The summed E-state index contributed by atoms with van der Waals surface area (Å²) < 4.78 is 9.73. The van der Waals surface area contributed by atoms with Crippen molar-refractivity contribution in [2.75, 3.05) is 6.61 Å². The van der Waals surface area contributed by atoms with Crippen LogP contribution in [0.4, 0.5) is 0 Å². The van der Waals surface area contributed by atoms with Crippen LogP contribution in [0.15, 0.2) is 36.4 Å². The molecule has 0 fully saturated rings. The highest BCUT2D eigenvalue weighted by Gasteiger charge is 2.04. The number of carbonyl (C=O) groups is 2. The van der Waals surface area contributed by atoms with E-state index >= 15 is 0 Å². The largest absolute Gasteiger partial charge is 0.508 e. The molecule has 0 saturated heterocycles. The summed E-state index contributed by atoms with van der Waals surface area (Å²) in [6.45, 7) is 2.27. The zero-order chi connectivity index (χ0) is 14.8. The van der Waals surface area contributed by atoms with Crippen LogP contribution < -0.4 is 0 Å². The Hall–Kier alpha value is -2.30. The molecule has 5 heteroatoms. The lowest BCUT2D eigenvalue weighted by molar-refractivity contribution is -0.141. The molecule has 1 aromatic carbocycles. The number of esters is 2. The maximum atomic E-state index is 11.4. The van der Waals surface area contributed by atoms with Crippen LogP contribution in [0.25, 0.3) is 0 Å². The molecule has 0 radical (unpaired) electrons. The quantitative estimate of drug-likeness (QED) is 0.471. The number of para-hydroxylation sites is 1. The topological polar surface area (TPSA) is 72.8 Å². The van der Waals surface area contributed by atoms with Crippen molar-refractivity contribution in [1.29, 1.82) is 0 Å². The number of hydrogen-bond acceptors (Lipinski definition) is 5. The Morgan fingerprint density at radius 1 is 1.15 bits per heavy atom. The first-order valence-electron chi connectivity index (χ1n) is 6.42. The summed E-state index contributed by atoms with van der Waals surface area (Å²) in [5.41, 5.74) is 0.500. The molecule has 0 aromatic heterocycles. The lowest BCUT2D eigenvalue weighted by Crippen LogP contribution is -2.05. The van der Waals surface area contributed by atoms with E-state index < -0.39 is 11.9 Å². The molecule has 0 atom stereocenters. The molecule has 1 aromatic rings. The van der Waals surface area contributed by atoms with E-state index in [2.05, 4.69) is 0 Å². The molecule has 0 aliphatic rings. The average Bonchev–Trinajstić information content (AvgIpc) is 2.44. The van der Waals surface area contributed by atoms with E-state index in [4.69, 9.17) is 9.47 Å². The van der Waals surface area contributed by atoms with E-state index in [1.54, 1.807) is 18.2 Å².